The van der Waals surface area contributed by atoms with Gasteiger partial charge in [-0.2, -0.15) is 5.26 Å². The molecule has 6 heteroatoms. The van der Waals surface area contributed by atoms with Crippen LogP contribution in [0.15, 0.2) is 36.4 Å². The van der Waals surface area contributed by atoms with Crippen LogP contribution in [0.1, 0.15) is 30.0 Å². The van der Waals surface area contributed by atoms with E-state index in [2.05, 4.69) is 39.1 Å². The number of nitrogens with zero attached hydrogens (tertiary/aromatic N) is 4. The highest BCUT2D eigenvalue weighted by atomic mass is 16.7. The second-order valence-corrected chi connectivity index (χ2v) is 8.22. The largest absolute Gasteiger partial charge is 0.454 e. The van der Waals surface area contributed by atoms with Crippen molar-refractivity contribution in [1.29, 1.82) is 5.26 Å². The highest BCUT2D eigenvalue weighted by Crippen LogP contribution is 2.48. The van der Waals surface area contributed by atoms with Gasteiger partial charge in [0.05, 0.1) is 0 Å². The summed E-state index contributed by atoms with van der Waals surface area (Å²) in [5.41, 5.74) is 1.80. The summed E-state index contributed by atoms with van der Waals surface area (Å²) >= 11 is 0. The van der Waals surface area contributed by atoms with Crippen molar-refractivity contribution in [3.05, 3.63) is 47.7 Å². The van der Waals surface area contributed by atoms with E-state index in [0.717, 1.165) is 23.9 Å². The number of benzene rings is 1. The predicted octanol–water partition coefficient (Wildman–Crippen LogP) is 2.75. The van der Waals surface area contributed by atoms with Gasteiger partial charge in [0.1, 0.15) is 17.6 Å². The molecule has 6 nitrogen and oxygen atoms in total. The van der Waals surface area contributed by atoms with Gasteiger partial charge in [-0.05, 0) is 61.7 Å². The van der Waals surface area contributed by atoms with Crippen molar-refractivity contribution < 1.29 is 9.47 Å². The van der Waals surface area contributed by atoms with Gasteiger partial charge in [0, 0.05) is 24.5 Å². The Hall–Kier alpha value is -2.78. The standard InChI is InChI=1S/C22H22N4O2/c23-11-16-2-1-3-20(24-16)26-12-17(15-4-5-18-19(10-15)28-13-27-18)22-21(26)14-6-8-25(22)9-7-14/h1-5,10,14,17,21-22H,6-9,12-13H2/t17-,21+,22+/m1/s1. The molecule has 5 aliphatic heterocycles. The van der Waals surface area contributed by atoms with Gasteiger partial charge < -0.3 is 14.4 Å². The second-order valence-electron chi connectivity index (χ2n) is 8.22. The maximum atomic E-state index is 9.30. The zero-order valence-electron chi connectivity index (χ0n) is 15.6. The van der Waals surface area contributed by atoms with Crippen LogP contribution in [0, 0.1) is 17.2 Å². The first-order valence-electron chi connectivity index (χ1n) is 10.1. The van der Waals surface area contributed by atoms with Crippen molar-refractivity contribution in [2.24, 2.45) is 5.92 Å². The number of fused-ring (bicyclic) bond motifs is 3. The highest BCUT2D eigenvalue weighted by molar-refractivity contribution is 5.51. The summed E-state index contributed by atoms with van der Waals surface area (Å²) in [7, 11) is 0. The van der Waals surface area contributed by atoms with E-state index >= 15 is 0 Å². The predicted molar refractivity (Wildman–Crippen MR) is 103 cm³/mol. The number of pyridine rings is 1. The summed E-state index contributed by atoms with van der Waals surface area (Å²) in [5.74, 6) is 3.72. The molecule has 4 saturated heterocycles. The van der Waals surface area contributed by atoms with Crippen molar-refractivity contribution in [1.82, 2.24) is 9.88 Å². The lowest BCUT2D eigenvalue weighted by atomic mass is 9.75. The average Bonchev–Trinajstić information content (AvgIpc) is 3.40. The topological polar surface area (TPSA) is 61.6 Å². The smallest absolute Gasteiger partial charge is 0.231 e. The number of nitriles is 1. The maximum absolute atomic E-state index is 9.30. The van der Waals surface area contributed by atoms with Crippen LogP contribution in [0.25, 0.3) is 0 Å². The second kappa shape index (κ2) is 6.11. The number of piperidine rings is 3. The minimum Gasteiger partial charge on any atom is -0.454 e. The molecule has 4 fully saturated rings. The maximum Gasteiger partial charge on any atom is 0.231 e. The van der Waals surface area contributed by atoms with Crippen molar-refractivity contribution in [3.63, 3.8) is 0 Å². The number of hydrogen-bond donors (Lipinski definition) is 0. The minimum absolute atomic E-state index is 0.306. The van der Waals surface area contributed by atoms with Crippen molar-refractivity contribution in [2.75, 3.05) is 31.3 Å². The normalized spacial score (nSPS) is 32.2. The Morgan fingerprint density at radius 1 is 1.04 bits per heavy atom. The van der Waals surface area contributed by atoms with Crippen LogP contribution in [0.3, 0.4) is 0 Å². The zero-order valence-corrected chi connectivity index (χ0v) is 15.6. The van der Waals surface area contributed by atoms with Gasteiger partial charge in [-0.15, -0.1) is 0 Å². The number of rotatable bonds is 2. The van der Waals surface area contributed by atoms with Gasteiger partial charge in [0.15, 0.2) is 11.5 Å². The minimum atomic E-state index is 0.306. The first-order chi connectivity index (χ1) is 13.8. The van der Waals surface area contributed by atoms with E-state index in [-0.39, 0.29) is 0 Å². The van der Waals surface area contributed by atoms with Gasteiger partial charge in [-0.1, -0.05) is 12.1 Å². The molecule has 0 amide bonds. The lowest BCUT2D eigenvalue weighted by molar-refractivity contribution is 0.0354. The Morgan fingerprint density at radius 2 is 1.89 bits per heavy atom. The first kappa shape index (κ1) is 16.2. The Kier molecular flexibility index (Phi) is 3.54. The quantitative estimate of drug-likeness (QED) is 0.806. The van der Waals surface area contributed by atoms with Crippen LogP contribution in [0.5, 0.6) is 11.5 Å². The molecule has 6 heterocycles. The van der Waals surface area contributed by atoms with Crippen LogP contribution in [-0.2, 0) is 0 Å². The summed E-state index contributed by atoms with van der Waals surface area (Å²) in [6, 6.07) is 15.3. The SMILES string of the molecule is N#Cc1cccc(N2C[C@H](c3ccc4c(c3)OCO4)[C@H]3[C@@H]2C2CCN3CC2)n1. The Bertz CT molecular complexity index is 963. The summed E-state index contributed by atoms with van der Waals surface area (Å²) in [5, 5.41) is 9.30. The van der Waals surface area contributed by atoms with Crippen molar-refractivity contribution in [2.45, 2.75) is 30.8 Å². The Morgan fingerprint density at radius 3 is 2.75 bits per heavy atom. The van der Waals surface area contributed by atoms with Crippen LogP contribution in [-0.4, -0.2) is 48.4 Å². The summed E-state index contributed by atoms with van der Waals surface area (Å²) in [6.07, 6.45) is 2.51. The van der Waals surface area contributed by atoms with Crippen molar-refractivity contribution in [3.8, 4) is 17.6 Å². The Balaban J connectivity index is 1.42. The number of aromatic nitrogens is 1. The number of anilines is 1. The molecule has 5 aliphatic rings. The number of ether oxygens (including phenoxy) is 2. The molecule has 2 bridgehead atoms. The molecule has 28 heavy (non-hydrogen) atoms. The van der Waals surface area contributed by atoms with E-state index in [0.29, 0.717) is 36.4 Å². The average molecular weight is 374 g/mol. The number of hydrogen-bond acceptors (Lipinski definition) is 6. The van der Waals surface area contributed by atoms with Gasteiger partial charge >= 0.3 is 0 Å². The molecule has 2 aromatic rings. The molecular weight excluding hydrogens is 352 g/mol. The molecule has 1 aromatic heterocycles. The van der Waals surface area contributed by atoms with Crippen LogP contribution in [0.2, 0.25) is 0 Å². The highest BCUT2D eigenvalue weighted by Gasteiger charge is 2.53. The van der Waals surface area contributed by atoms with Gasteiger partial charge in [-0.25, -0.2) is 4.98 Å². The van der Waals surface area contributed by atoms with E-state index in [1.807, 2.05) is 12.1 Å². The molecule has 0 aliphatic carbocycles. The zero-order chi connectivity index (χ0) is 18.7. The van der Waals surface area contributed by atoms with Crippen LogP contribution >= 0.6 is 0 Å². The third-order valence-electron chi connectivity index (χ3n) is 6.96. The van der Waals surface area contributed by atoms with Crippen molar-refractivity contribution >= 4 is 5.82 Å². The summed E-state index contributed by atoms with van der Waals surface area (Å²) in [4.78, 5) is 9.78. The first-order valence-corrected chi connectivity index (χ1v) is 10.1. The third-order valence-corrected chi connectivity index (χ3v) is 6.96. The summed E-state index contributed by atoms with van der Waals surface area (Å²) in [6.45, 7) is 3.60. The van der Waals surface area contributed by atoms with Crippen LogP contribution in [0.4, 0.5) is 5.82 Å². The third kappa shape index (κ3) is 2.33. The molecule has 0 N–H and O–H groups in total. The van der Waals surface area contributed by atoms with Gasteiger partial charge in [0.2, 0.25) is 6.79 Å². The van der Waals surface area contributed by atoms with Crippen LogP contribution < -0.4 is 14.4 Å². The fourth-order valence-corrected chi connectivity index (χ4v) is 5.77. The molecule has 0 saturated carbocycles. The monoisotopic (exact) mass is 374 g/mol. The lowest BCUT2D eigenvalue weighted by Gasteiger charge is -2.51. The lowest BCUT2D eigenvalue weighted by Crippen LogP contribution is -2.60. The fourth-order valence-electron chi connectivity index (χ4n) is 5.77. The molecule has 142 valence electrons. The molecule has 1 aromatic carbocycles. The summed E-state index contributed by atoms with van der Waals surface area (Å²) < 4.78 is 11.1. The van der Waals surface area contributed by atoms with Gasteiger partial charge in [0.25, 0.3) is 0 Å². The van der Waals surface area contributed by atoms with E-state index in [1.165, 1.54) is 31.5 Å². The van der Waals surface area contributed by atoms with E-state index in [4.69, 9.17) is 9.47 Å². The fraction of sp³-hybridized carbons (Fsp3) is 0.455. The van der Waals surface area contributed by atoms with E-state index in [9.17, 15) is 5.26 Å². The molecule has 0 unspecified atom stereocenters. The molecule has 0 spiro atoms. The Labute approximate surface area is 164 Å². The molecule has 7 rings (SSSR count). The van der Waals surface area contributed by atoms with Gasteiger partial charge in [-0.3, -0.25) is 4.90 Å². The molecular formula is C22H22N4O2. The molecule has 3 atom stereocenters. The molecule has 0 radical (unpaired) electrons. The van der Waals surface area contributed by atoms with E-state index < -0.39 is 0 Å². The van der Waals surface area contributed by atoms with E-state index in [1.54, 1.807) is 6.07 Å².